The lowest BCUT2D eigenvalue weighted by atomic mass is 9.33. The molecule has 4 heteroatoms. The summed E-state index contributed by atoms with van der Waals surface area (Å²) >= 11 is 0. The zero-order valence-corrected chi connectivity index (χ0v) is 27.4. The van der Waals surface area contributed by atoms with Gasteiger partial charge < -0.3 is 19.7 Å². The maximum atomic E-state index is 12.4. The minimum atomic E-state index is -0.425. The zero-order valence-electron chi connectivity index (χ0n) is 27.4. The maximum Gasteiger partial charge on any atom is 0.146 e. The molecule has 0 aromatic rings. The van der Waals surface area contributed by atoms with Crippen LogP contribution in [0.25, 0.3) is 0 Å². The molecule has 5 aliphatic rings. The van der Waals surface area contributed by atoms with Crippen LogP contribution in [0.1, 0.15) is 132 Å². The molecule has 4 fully saturated rings. The molecule has 0 radical (unpaired) electrons. The third kappa shape index (κ3) is 4.34. The van der Waals surface area contributed by atoms with Crippen LogP contribution in [0.4, 0.5) is 0 Å². The van der Waals surface area contributed by atoms with Crippen molar-refractivity contribution in [1.29, 1.82) is 0 Å². The zero-order chi connectivity index (χ0) is 29.4. The standard InChI is InChI=1S/C36H62O4/c1-10-11-12-29(40-23-39-9)36-19-17-31(2,3)22-24(36)30-25(37)21-27-33(6)15-14-28(38)32(4,5)26(33)13-16-34(27,7)35(30,8)18-20-36/h21,24-26,28-30,37-38H,10-20,22-23H2,1-9H3/t24-,25+,26-,28-,29?,30-,33-,34+,35+,36-/m0/s1. The molecule has 0 aromatic carbocycles. The summed E-state index contributed by atoms with van der Waals surface area (Å²) in [7, 11) is 1.74. The van der Waals surface area contributed by atoms with Gasteiger partial charge in [0.2, 0.25) is 0 Å². The van der Waals surface area contributed by atoms with Crippen LogP contribution in [-0.2, 0) is 9.47 Å². The van der Waals surface area contributed by atoms with Gasteiger partial charge in [0.1, 0.15) is 6.79 Å². The Hall–Kier alpha value is -0.420. The summed E-state index contributed by atoms with van der Waals surface area (Å²) in [5.41, 5.74) is 1.97. The van der Waals surface area contributed by atoms with Gasteiger partial charge in [-0.1, -0.05) is 79.9 Å². The second-order valence-corrected chi connectivity index (χ2v) is 17.1. The largest absolute Gasteiger partial charge is 0.393 e. The number of unbranched alkanes of at least 4 members (excludes halogenated alkanes) is 1. The summed E-state index contributed by atoms with van der Waals surface area (Å²) in [6.45, 7) is 19.8. The minimum Gasteiger partial charge on any atom is -0.393 e. The molecule has 4 saturated carbocycles. The van der Waals surface area contributed by atoms with Gasteiger partial charge in [-0.05, 0) is 114 Å². The van der Waals surface area contributed by atoms with Crippen LogP contribution in [0.5, 0.6) is 0 Å². The van der Waals surface area contributed by atoms with E-state index in [1.54, 1.807) is 7.11 Å². The second-order valence-electron chi connectivity index (χ2n) is 17.1. The molecule has 5 rings (SSSR count). The van der Waals surface area contributed by atoms with E-state index in [0.717, 1.165) is 32.1 Å². The van der Waals surface area contributed by atoms with Crippen LogP contribution in [0, 0.1) is 50.2 Å². The van der Waals surface area contributed by atoms with Gasteiger partial charge in [0.15, 0.2) is 0 Å². The van der Waals surface area contributed by atoms with E-state index in [1.165, 1.54) is 50.5 Å². The van der Waals surface area contributed by atoms with Crippen LogP contribution in [0.2, 0.25) is 0 Å². The summed E-state index contributed by atoms with van der Waals surface area (Å²) < 4.78 is 12.1. The molecule has 0 saturated heterocycles. The fraction of sp³-hybridized carbons (Fsp3) is 0.944. The average Bonchev–Trinajstić information content (AvgIpc) is 2.88. The molecule has 4 nitrogen and oxygen atoms in total. The Labute approximate surface area is 246 Å². The molecule has 2 N–H and O–H groups in total. The highest BCUT2D eigenvalue weighted by Gasteiger charge is 2.70. The predicted octanol–water partition coefficient (Wildman–Crippen LogP) is 8.30. The predicted molar refractivity (Wildman–Crippen MR) is 163 cm³/mol. The number of rotatable bonds is 7. The van der Waals surface area contributed by atoms with Crippen LogP contribution < -0.4 is 0 Å². The van der Waals surface area contributed by atoms with Crippen molar-refractivity contribution in [3.8, 4) is 0 Å². The lowest BCUT2D eigenvalue weighted by Crippen LogP contribution is -2.67. The highest BCUT2D eigenvalue weighted by atomic mass is 16.7. The van der Waals surface area contributed by atoms with E-state index < -0.39 is 6.10 Å². The number of hydrogen-bond donors (Lipinski definition) is 2. The Morgan fingerprint density at radius 1 is 0.925 bits per heavy atom. The van der Waals surface area contributed by atoms with E-state index in [4.69, 9.17) is 9.47 Å². The van der Waals surface area contributed by atoms with E-state index in [1.807, 2.05) is 0 Å². The number of fused-ring (bicyclic) bond motifs is 7. The SMILES string of the molecule is CCCCC(OCOC)[C@]12CCC(C)(C)C[C@H]1[C@H]1[C@H](O)C=C3[C@@]4(C)CC[C@H](O)C(C)(C)[C@@H]4CC[C@@]3(C)[C@]1(C)CC2. The van der Waals surface area contributed by atoms with Crippen molar-refractivity contribution in [2.24, 2.45) is 50.2 Å². The van der Waals surface area contributed by atoms with Gasteiger partial charge in [0, 0.05) is 7.11 Å². The Bertz CT molecular complexity index is 962. The van der Waals surface area contributed by atoms with Gasteiger partial charge in [-0.3, -0.25) is 0 Å². The highest BCUT2D eigenvalue weighted by molar-refractivity contribution is 5.37. The first-order valence-electron chi connectivity index (χ1n) is 16.8. The molecule has 0 spiro atoms. The first-order valence-corrected chi connectivity index (χ1v) is 16.8. The summed E-state index contributed by atoms with van der Waals surface area (Å²) in [5.74, 6) is 1.13. The molecule has 40 heavy (non-hydrogen) atoms. The minimum absolute atomic E-state index is 0.0380. The Morgan fingerprint density at radius 2 is 1.62 bits per heavy atom. The number of ether oxygens (including phenoxy) is 2. The number of allylic oxidation sites excluding steroid dienone is 1. The third-order valence-corrected chi connectivity index (χ3v) is 14.5. The van der Waals surface area contributed by atoms with Crippen molar-refractivity contribution in [2.75, 3.05) is 13.9 Å². The molecule has 5 aliphatic carbocycles. The van der Waals surface area contributed by atoms with Gasteiger partial charge in [-0.25, -0.2) is 0 Å². The lowest BCUT2D eigenvalue weighted by molar-refractivity contribution is -0.235. The van der Waals surface area contributed by atoms with Gasteiger partial charge >= 0.3 is 0 Å². The average molecular weight is 559 g/mol. The second kappa shape index (κ2) is 10.3. The monoisotopic (exact) mass is 558 g/mol. The molecule has 10 atom stereocenters. The fourth-order valence-corrected chi connectivity index (χ4v) is 11.9. The van der Waals surface area contributed by atoms with Crippen molar-refractivity contribution >= 4 is 0 Å². The Morgan fingerprint density at radius 3 is 2.30 bits per heavy atom. The summed E-state index contributed by atoms with van der Waals surface area (Å²) in [6, 6.07) is 0. The third-order valence-electron chi connectivity index (χ3n) is 14.5. The lowest BCUT2D eigenvalue weighted by Gasteiger charge is -2.72. The van der Waals surface area contributed by atoms with E-state index >= 15 is 0 Å². The number of methoxy groups -OCH3 is 1. The van der Waals surface area contributed by atoms with Crippen molar-refractivity contribution < 1.29 is 19.7 Å². The topological polar surface area (TPSA) is 58.9 Å². The van der Waals surface area contributed by atoms with E-state index in [2.05, 4.69) is 61.5 Å². The van der Waals surface area contributed by atoms with Crippen LogP contribution >= 0.6 is 0 Å². The van der Waals surface area contributed by atoms with E-state index in [9.17, 15) is 10.2 Å². The number of aliphatic hydroxyl groups excluding tert-OH is 2. The van der Waals surface area contributed by atoms with Gasteiger partial charge in [-0.2, -0.15) is 0 Å². The van der Waals surface area contributed by atoms with Crippen LogP contribution in [0.15, 0.2) is 11.6 Å². The molecule has 0 heterocycles. The van der Waals surface area contributed by atoms with Crippen LogP contribution in [-0.4, -0.2) is 42.4 Å². The smallest absolute Gasteiger partial charge is 0.146 e. The van der Waals surface area contributed by atoms with Crippen molar-refractivity contribution in [3.63, 3.8) is 0 Å². The molecule has 1 unspecified atom stereocenters. The summed E-state index contributed by atoms with van der Waals surface area (Å²) in [5, 5.41) is 23.4. The first-order chi connectivity index (χ1) is 18.6. The molecular formula is C36H62O4. The normalized spacial score (nSPS) is 48.2. The Balaban J connectivity index is 1.60. The number of aliphatic hydroxyl groups is 2. The van der Waals surface area contributed by atoms with Crippen LogP contribution in [0.3, 0.4) is 0 Å². The molecule has 0 bridgehead atoms. The first kappa shape index (κ1) is 31.0. The quantitative estimate of drug-likeness (QED) is 0.244. The molecule has 0 amide bonds. The van der Waals surface area contributed by atoms with Crippen molar-refractivity contribution in [2.45, 2.75) is 151 Å². The highest BCUT2D eigenvalue weighted by Crippen LogP contribution is 2.76. The summed E-state index contributed by atoms with van der Waals surface area (Å²) in [6.07, 6.45) is 15.5. The van der Waals surface area contributed by atoms with Crippen molar-refractivity contribution in [1.82, 2.24) is 0 Å². The van der Waals surface area contributed by atoms with Gasteiger partial charge in [0.05, 0.1) is 18.3 Å². The fourth-order valence-electron chi connectivity index (χ4n) is 11.9. The van der Waals surface area contributed by atoms with Gasteiger partial charge in [0.25, 0.3) is 0 Å². The van der Waals surface area contributed by atoms with Gasteiger partial charge in [-0.15, -0.1) is 0 Å². The maximum absolute atomic E-state index is 12.4. The molecule has 0 aliphatic heterocycles. The number of hydrogen-bond acceptors (Lipinski definition) is 4. The van der Waals surface area contributed by atoms with E-state index in [-0.39, 0.29) is 50.6 Å². The summed E-state index contributed by atoms with van der Waals surface area (Å²) in [4.78, 5) is 0. The molecular weight excluding hydrogens is 496 g/mol. The molecule has 230 valence electrons. The Kier molecular flexibility index (Phi) is 8.02. The van der Waals surface area contributed by atoms with E-state index in [0.29, 0.717) is 18.6 Å². The molecule has 0 aromatic heterocycles. The van der Waals surface area contributed by atoms with Crippen molar-refractivity contribution in [3.05, 3.63) is 11.6 Å².